The van der Waals surface area contributed by atoms with Crippen LogP contribution >= 0.6 is 0 Å². The lowest BCUT2D eigenvalue weighted by Gasteiger charge is -2.25. The second-order valence-corrected chi connectivity index (χ2v) is 5.82. The highest BCUT2D eigenvalue weighted by Gasteiger charge is 2.26. The van der Waals surface area contributed by atoms with E-state index in [-0.39, 0.29) is 5.41 Å². The van der Waals surface area contributed by atoms with Crippen LogP contribution in [0.15, 0.2) is 24.3 Å². The Kier molecular flexibility index (Phi) is 2.88. The van der Waals surface area contributed by atoms with Crippen molar-refractivity contribution in [1.82, 2.24) is 0 Å². The molecule has 0 unspecified atom stereocenters. The summed E-state index contributed by atoms with van der Waals surface area (Å²) in [6, 6.07) is 8.14. The van der Waals surface area contributed by atoms with Crippen LogP contribution in [0.25, 0.3) is 0 Å². The zero-order valence-electron chi connectivity index (χ0n) is 10.4. The molecule has 0 atom stereocenters. The molecule has 0 radical (unpaired) electrons. The third-order valence-electron chi connectivity index (χ3n) is 3.49. The molecule has 1 aromatic rings. The summed E-state index contributed by atoms with van der Waals surface area (Å²) in [5.41, 5.74) is 2.27. The number of benzene rings is 1. The first-order valence-electron chi connectivity index (χ1n) is 6.13. The molecule has 1 aliphatic rings. The van der Waals surface area contributed by atoms with Crippen molar-refractivity contribution in [2.24, 2.45) is 5.92 Å². The molecule has 1 aliphatic carbocycles. The van der Waals surface area contributed by atoms with E-state index >= 15 is 0 Å². The predicted molar refractivity (Wildman–Crippen MR) is 66.8 cm³/mol. The summed E-state index contributed by atoms with van der Waals surface area (Å²) >= 11 is 0. The molecule has 1 saturated carbocycles. The minimum absolute atomic E-state index is 0.121. The minimum Gasteiger partial charge on any atom is -0.294 e. The van der Waals surface area contributed by atoms with Crippen LogP contribution in [-0.2, 0) is 5.41 Å². The van der Waals surface area contributed by atoms with E-state index in [4.69, 9.17) is 0 Å². The average molecular weight is 216 g/mol. The normalized spacial score (nSPS) is 16.9. The first-order valence-corrected chi connectivity index (χ1v) is 6.13. The Morgan fingerprint density at radius 3 is 2.44 bits per heavy atom. The van der Waals surface area contributed by atoms with Gasteiger partial charge in [-0.25, -0.2) is 0 Å². The second-order valence-electron chi connectivity index (χ2n) is 5.82. The van der Waals surface area contributed by atoms with Gasteiger partial charge in [0, 0.05) is 11.5 Å². The van der Waals surface area contributed by atoms with Gasteiger partial charge in [-0.15, -0.1) is 0 Å². The summed E-state index contributed by atoms with van der Waals surface area (Å²) < 4.78 is 0. The second kappa shape index (κ2) is 4.04. The molecule has 0 aromatic heterocycles. The zero-order chi connectivity index (χ0) is 11.8. The first kappa shape index (κ1) is 11.4. The fraction of sp³-hybridized carbons (Fsp3) is 0.533. The molecule has 0 N–H and O–H groups in total. The highest BCUT2D eigenvalue weighted by atomic mass is 16.1. The number of rotatable bonds is 2. The summed E-state index contributed by atoms with van der Waals surface area (Å²) in [5, 5.41) is 0. The maximum atomic E-state index is 12.1. The molecule has 0 saturated heterocycles. The third-order valence-corrected chi connectivity index (χ3v) is 3.49. The standard InChI is InChI=1S/C15H20O/c1-15(2,3)13-9-5-8-12(10-13)14(16)11-6-4-7-11/h5,8-11H,4,6-7H2,1-3H3. The quantitative estimate of drug-likeness (QED) is 0.684. The van der Waals surface area contributed by atoms with Gasteiger partial charge in [0.25, 0.3) is 0 Å². The molecule has 1 fully saturated rings. The van der Waals surface area contributed by atoms with Crippen LogP contribution < -0.4 is 0 Å². The molecule has 0 heterocycles. The molecule has 0 amide bonds. The van der Waals surface area contributed by atoms with Gasteiger partial charge in [-0.3, -0.25) is 4.79 Å². The van der Waals surface area contributed by atoms with Crippen molar-refractivity contribution in [1.29, 1.82) is 0 Å². The van der Waals surface area contributed by atoms with Crippen LogP contribution in [0.3, 0.4) is 0 Å². The topological polar surface area (TPSA) is 17.1 Å². The SMILES string of the molecule is CC(C)(C)c1cccc(C(=O)C2CCC2)c1. The molecule has 2 rings (SSSR count). The maximum Gasteiger partial charge on any atom is 0.165 e. The number of carbonyl (C=O) groups is 1. The van der Waals surface area contributed by atoms with Crippen LogP contribution in [0.1, 0.15) is 56.0 Å². The van der Waals surface area contributed by atoms with Crippen molar-refractivity contribution in [3.05, 3.63) is 35.4 Å². The van der Waals surface area contributed by atoms with Crippen molar-refractivity contribution < 1.29 is 4.79 Å². The summed E-state index contributed by atoms with van der Waals surface area (Å²) in [7, 11) is 0. The van der Waals surface area contributed by atoms with Gasteiger partial charge in [0.2, 0.25) is 0 Å². The Labute approximate surface area is 97.9 Å². The number of hydrogen-bond donors (Lipinski definition) is 0. The number of hydrogen-bond acceptors (Lipinski definition) is 1. The lowest BCUT2D eigenvalue weighted by atomic mass is 9.78. The van der Waals surface area contributed by atoms with E-state index in [0.717, 1.165) is 18.4 Å². The Bertz CT molecular complexity index is 394. The van der Waals surface area contributed by atoms with Crippen molar-refractivity contribution >= 4 is 5.78 Å². The number of carbonyl (C=O) groups excluding carboxylic acids is 1. The van der Waals surface area contributed by atoms with Crippen LogP contribution in [0.2, 0.25) is 0 Å². The molecule has 0 spiro atoms. The van der Waals surface area contributed by atoms with Gasteiger partial charge in [0.1, 0.15) is 0 Å². The lowest BCUT2D eigenvalue weighted by molar-refractivity contribution is 0.0855. The molecule has 1 heteroatoms. The Morgan fingerprint density at radius 1 is 1.25 bits per heavy atom. The summed E-state index contributed by atoms with van der Waals surface area (Å²) in [4.78, 5) is 12.1. The van der Waals surface area contributed by atoms with E-state index in [1.807, 2.05) is 12.1 Å². The summed E-state index contributed by atoms with van der Waals surface area (Å²) in [6.45, 7) is 6.54. The van der Waals surface area contributed by atoms with Crippen LogP contribution in [0, 0.1) is 5.92 Å². The lowest BCUT2D eigenvalue weighted by Crippen LogP contribution is -2.22. The molecule has 16 heavy (non-hydrogen) atoms. The van der Waals surface area contributed by atoms with Crippen LogP contribution in [-0.4, -0.2) is 5.78 Å². The van der Waals surface area contributed by atoms with E-state index in [9.17, 15) is 4.79 Å². The zero-order valence-corrected chi connectivity index (χ0v) is 10.4. The van der Waals surface area contributed by atoms with E-state index in [1.54, 1.807) is 0 Å². The fourth-order valence-electron chi connectivity index (χ4n) is 2.05. The molecular formula is C15H20O. The highest BCUT2D eigenvalue weighted by Crippen LogP contribution is 2.31. The van der Waals surface area contributed by atoms with Crippen molar-refractivity contribution in [3.63, 3.8) is 0 Å². The third kappa shape index (κ3) is 2.18. The Morgan fingerprint density at radius 2 is 1.94 bits per heavy atom. The van der Waals surface area contributed by atoms with Crippen molar-refractivity contribution in [2.75, 3.05) is 0 Å². The van der Waals surface area contributed by atoms with Crippen LogP contribution in [0.4, 0.5) is 0 Å². The summed E-state index contributed by atoms with van der Waals surface area (Å²) in [5.74, 6) is 0.646. The molecule has 86 valence electrons. The smallest absolute Gasteiger partial charge is 0.165 e. The van der Waals surface area contributed by atoms with Crippen molar-refractivity contribution in [3.8, 4) is 0 Å². The van der Waals surface area contributed by atoms with Gasteiger partial charge in [-0.1, -0.05) is 45.4 Å². The van der Waals surface area contributed by atoms with E-state index in [0.29, 0.717) is 11.7 Å². The number of ketones is 1. The molecule has 0 bridgehead atoms. The van der Waals surface area contributed by atoms with Gasteiger partial charge in [0.15, 0.2) is 5.78 Å². The maximum absolute atomic E-state index is 12.1. The molecule has 0 aliphatic heterocycles. The fourth-order valence-corrected chi connectivity index (χ4v) is 2.05. The molecule has 1 nitrogen and oxygen atoms in total. The monoisotopic (exact) mass is 216 g/mol. The van der Waals surface area contributed by atoms with Gasteiger partial charge < -0.3 is 0 Å². The predicted octanol–water partition coefficient (Wildman–Crippen LogP) is 3.97. The molecule has 1 aromatic carbocycles. The van der Waals surface area contributed by atoms with Gasteiger partial charge in [-0.2, -0.15) is 0 Å². The Hall–Kier alpha value is -1.11. The van der Waals surface area contributed by atoms with E-state index < -0.39 is 0 Å². The highest BCUT2D eigenvalue weighted by molar-refractivity contribution is 5.98. The number of Topliss-reactive ketones (excluding diaryl/α,β-unsaturated/α-hetero) is 1. The summed E-state index contributed by atoms with van der Waals surface area (Å²) in [6.07, 6.45) is 3.38. The minimum atomic E-state index is 0.121. The van der Waals surface area contributed by atoms with Gasteiger partial charge in [0.05, 0.1) is 0 Å². The van der Waals surface area contributed by atoms with Crippen molar-refractivity contribution in [2.45, 2.75) is 45.4 Å². The van der Waals surface area contributed by atoms with Gasteiger partial charge >= 0.3 is 0 Å². The van der Waals surface area contributed by atoms with Crippen LogP contribution in [0.5, 0.6) is 0 Å². The Balaban J connectivity index is 2.25. The largest absolute Gasteiger partial charge is 0.294 e. The average Bonchev–Trinajstić information content (AvgIpc) is 2.14. The first-order chi connectivity index (χ1) is 7.48. The molecular weight excluding hydrogens is 196 g/mol. The van der Waals surface area contributed by atoms with E-state index in [1.165, 1.54) is 12.0 Å². The van der Waals surface area contributed by atoms with Gasteiger partial charge in [-0.05, 0) is 29.9 Å². The van der Waals surface area contributed by atoms with E-state index in [2.05, 4.69) is 32.9 Å².